The lowest BCUT2D eigenvalue weighted by Crippen LogP contribution is -2.14. The number of benzene rings is 1. The molecule has 1 rings (SSSR count). The van der Waals surface area contributed by atoms with Crippen LogP contribution in [0.25, 0.3) is 0 Å². The summed E-state index contributed by atoms with van der Waals surface area (Å²) in [5, 5.41) is 11.9. The van der Waals surface area contributed by atoms with Crippen LogP contribution in [0.5, 0.6) is 0 Å². The lowest BCUT2D eigenvalue weighted by atomic mass is 10.1. The van der Waals surface area contributed by atoms with Crippen molar-refractivity contribution < 1.29 is 0 Å². The van der Waals surface area contributed by atoms with Gasteiger partial charge in [0.2, 0.25) is 0 Å². The van der Waals surface area contributed by atoms with Crippen molar-refractivity contribution in [1.82, 2.24) is 5.32 Å². The molecule has 0 aliphatic carbocycles. The van der Waals surface area contributed by atoms with E-state index in [9.17, 15) is 0 Å². The predicted molar refractivity (Wildman–Crippen MR) is 66.7 cm³/mol. The van der Waals surface area contributed by atoms with Crippen molar-refractivity contribution in [1.29, 1.82) is 5.26 Å². The highest BCUT2D eigenvalue weighted by Crippen LogP contribution is 2.26. The summed E-state index contributed by atoms with van der Waals surface area (Å²) in [6, 6.07) is 5.30. The van der Waals surface area contributed by atoms with Gasteiger partial charge in [0.25, 0.3) is 0 Å². The molecular formula is C11H11Cl2N3. The largest absolute Gasteiger partial charge is 0.281 e. The maximum Gasteiger partial charge on any atom is 0.182 e. The molecule has 3 nitrogen and oxygen atoms in total. The first-order valence-corrected chi connectivity index (χ1v) is 5.44. The van der Waals surface area contributed by atoms with Gasteiger partial charge in [-0.15, -0.1) is 0 Å². The van der Waals surface area contributed by atoms with Crippen LogP contribution in [-0.4, -0.2) is 5.84 Å². The minimum Gasteiger partial charge on any atom is -0.281 e. The van der Waals surface area contributed by atoms with Gasteiger partial charge in [-0.1, -0.05) is 29.3 Å². The molecule has 0 saturated heterocycles. The summed E-state index contributed by atoms with van der Waals surface area (Å²) in [6.07, 6.45) is 1.82. The smallest absolute Gasteiger partial charge is 0.182 e. The van der Waals surface area contributed by atoms with Gasteiger partial charge < -0.3 is 0 Å². The average molecular weight is 256 g/mol. The van der Waals surface area contributed by atoms with Crippen molar-refractivity contribution >= 4 is 29.0 Å². The fourth-order valence-corrected chi connectivity index (χ4v) is 1.56. The highest BCUT2D eigenvalue weighted by Gasteiger charge is 2.06. The molecule has 1 N–H and O–H groups in total. The van der Waals surface area contributed by atoms with Crippen molar-refractivity contribution in [3.8, 4) is 6.19 Å². The second-order valence-electron chi connectivity index (χ2n) is 3.30. The highest BCUT2D eigenvalue weighted by molar-refractivity contribution is 6.42. The lowest BCUT2D eigenvalue weighted by molar-refractivity contribution is 0.812. The van der Waals surface area contributed by atoms with Crippen LogP contribution in [0.3, 0.4) is 0 Å². The molecule has 1 aromatic rings. The van der Waals surface area contributed by atoms with Gasteiger partial charge in [0, 0.05) is 0 Å². The van der Waals surface area contributed by atoms with E-state index < -0.39 is 0 Å². The Kier molecular flexibility index (Phi) is 4.60. The molecule has 1 atom stereocenters. The fourth-order valence-electron chi connectivity index (χ4n) is 1.25. The summed E-state index contributed by atoms with van der Waals surface area (Å²) in [7, 11) is 0. The molecule has 0 radical (unpaired) electrons. The van der Waals surface area contributed by atoms with Gasteiger partial charge in [-0.2, -0.15) is 5.26 Å². The number of rotatable bonds is 2. The summed E-state index contributed by atoms with van der Waals surface area (Å²) < 4.78 is 0. The van der Waals surface area contributed by atoms with Crippen molar-refractivity contribution in [2.45, 2.75) is 19.9 Å². The van der Waals surface area contributed by atoms with Crippen molar-refractivity contribution in [3.05, 3.63) is 33.8 Å². The van der Waals surface area contributed by atoms with Crippen LogP contribution in [0.4, 0.5) is 0 Å². The van der Waals surface area contributed by atoms with E-state index in [0.29, 0.717) is 15.9 Å². The molecule has 1 unspecified atom stereocenters. The molecule has 0 aromatic heterocycles. The molecule has 84 valence electrons. The van der Waals surface area contributed by atoms with Gasteiger partial charge in [0.15, 0.2) is 6.19 Å². The second kappa shape index (κ2) is 5.74. The quantitative estimate of drug-likeness (QED) is 0.380. The third kappa shape index (κ3) is 3.41. The molecular weight excluding hydrogens is 245 g/mol. The Morgan fingerprint density at radius 3 is 2.69 bits per heavy atom. The van der Waals surface area contributed by atoms with Gasteiger partial charge >= 0.3 is 0 Å². The van der Waals surface area contributed by atoms with E-state index in [0.717, 1.165) is 5.56 Å². The fraction of sp³-hybridized carbons (Fsp3) is 0.273. The molecule has 5 heteroatoms. The first-order chi connectivity index (χ1) is 7.54. The molecule has 0 amide bonds. The molecule has 0 saturated carbocycles. The molecule has 0 spiro atoms. The molecule has 0 aliphatic heterocycles. The van der Waals surface area contributed by atoms with E-state index >= 15 is 0 Å². The van der Waals surface area contributed by atoms with E-state index in [1.54, 1.807) is 19.1 Å². The number of aliphatic imine (C=N–C) groups is 1. The topological polar surface area (TPSA) is 48.2 Å². The lowest BCUT2D eigenvalue weighted by Gasteiger charge is -2.09. The van der Waals surface area contributed by atoms with Crippen LogP contribution in [0.2, 0.25) is 10.0 Å². The monoisotopic (exact) mass is 255 g/mol. The number of hydrogen-bond acceptors (Lipinski definition) is 2. The molecule has 0 heterocycles. The summed E-state index contributed by atoms with van der Waals surface area (Å²) >= 11 is 11.7. The molecule has 0 aliphatic rings. The number of hydrogen-bond donors (Lipinski definition) is 1. The SMILES string of the molecule is CC(=NC(C)c1ccc(Cl)c(Cl)c1)NC#N. The van der Waals surface area contributed by atoms with Gasteiger partial charge in [0.1, 0.15) is 5.84 Å². The number of halogens is 2. The zero-order valence-corrected chi connectivity index (χ0v) is 10.5. The van der Waals surface area contributed by atoms with Gasteiger partial charge in [-0.25, -0.2) is 0 Å². The minimum absolute atomic E-state index is 0.0735. The van der Waals surface area contributed by atoms with Crippen molar-refractivity contribution in [2.75, 3.05) is 0 Å². The third-order valence-corrected chi connectivity index (χ3v) is 2.79. The summed E-state index contributed by atoms with van der Waals surface area (Å²) in [6.45, 7) is 3.65. The van der Waals surface area contributed by atoms with Crippen molar-refractivity contribution in [2.24, 2.45) is 4.99 Å². The number of nitrogens with one attached hydrogen (secondary N) is 1. The van der Waals surface area contributed by atoms with Gasteiger partial charge in [0.05, 0.1) is 16.1 Å². The van der Waals surface area contributed by atoms with Gasteiger partial charge in [-0.3, -0.25) is 10.3 Å². The normalized spacial score (nSPS) is 13.1. The molecule has 0 bridgehead atoms. The average Bonchev–Trinajstić information content (AvgIpc) is 2.22. The summed E-state index contributed by atoms with van der Waals surface area (Å²) in [4.78, 5) is 4.29. The van der Waals surface area contributed by atoms with Crippen LogP contribution in [0.1, 0.15) is 25.5 Å². The van der Waals surface area contributed by atoms with Crippen LogP contribution in [0.15, 0.2) is 23.2 Å². The van der Waals surface area contributed by atoms with Crippen molar-refractivity contribution in [3.63, 3.8) is 0 Å². The highest BCUT2D eigenvalue weighted by atomic mass is 35.5. The Bertz CT molecular complexity index is 449. The Morgan fingerprint density at radius 2 is 2.12 bits per heavy atom. The van der Waals surface area contributed by atoms with Crippen LogP contribution >= 0.6 is 23.2 Å². The van der Waals surface area contributed by atoms with Crippen LogP contribution < -0.4 is 5.32 Å². The minimum atomic E-state index is -0.0735. The van der Waals surface area contributed by atoms with E-state index in [4.69, 9.17) is 28.5 Å². The standard InChI is InChI=1S/C11H11Cl2N3/c1-7(16-8(2)15-6-14)9-3-4-10(12)11(13)5-9/h3-5,7H,1-2H3,(H,15,16). The summed E-state index contributed by atoms with van der Waals surface area (Å²) in [5.74, 6) is 0.570. The van der Waals surface area contributed by atoms with E-state index in [2.05, 4.69) is 10.3 Å². The number of amidine groups is 1. The Labute approximate surface area is 105 Å². The second-order valence-corrected chi connectivity index (χ2v) is 4.12. The maximum absolute atomic E-state index is 8.42. The Hall–Kier alpha value is -1.24. The zero-order chi connectivity index (χ0) is 12.1. The molecule has 0 fully saturated rings. The van der Waals surface area contributed by atoms with Gasteiger partial charge in [-0.05, 0) is 31.5 Å². The first kappa shape index (κ1) is 12.8. The number of nitrogens with zero attached hydrogens (tertiary/aromatic N) is 2. The number of nitriles is 1. The Morgan fingerprint density at radius 1 is 1.44 bits per heavy atom. The predicted octanol–water partition coefficient (Wildman–Crippen LogP) is 3.54. The van der Waals surface area contributed by atoms with Crippen LogP contribution in [0, 0.1) is 11.5 Å². The molecule has 1 aromatic carbocycles. The van der Waals surface area contributed by atoms with E-state index in [-0.39, 0.29) is 6.04 Å². The van der Waals surface area contributed by atoms with E-state index in [1.807, 2.05) is 19.2 Å². The molecule has 16 heavy (non-hydrogen) atoms. The Balaban J connectivity index is 2.89. The van der Waals surface area contributed by atoms with E-state index in [1.165, 1.54) is 0 Å². The summed E-state index contributed by atoms with van der Waals surface area (Å²) in [5.41, 5.74) is 0.952. The zero-order valence-electron chi connectivity index (χ0n) is 8.96. The first-order valence-electron chi connectivity index (χ1n) is 4.69. The van der Waals surface area contributed by atoms with Crippen LogP contribution in [-0.2, 0) is 0 Å². The maximum atomic E-state index is 8.42. The third-order valence-electron chi connectivity index (χ3n) is 2.05.